The van der Waals surface area contributed by atoms with Crippen LogP contribution in [0.5, 0.6) is 5.75 Å². The number of hydrogen-bond donors (Lipinski definition) is 2. The van der Waals surface area contributed by atoms with Crippen LogP contribution in [0.15, 0.2) is 52.3 Å². The van der Waals surface area contributed by atoms with Gasteiger partial charge in [-0.1, -0.05) is 57.0 Å². The van der Waals surface area contributed by atoms with E-state index in [0.29, 0.717) is 16.9 Å². The summed E-state index contributed by atoms with van der Waals surface area (Å²) in [6, 6.07) is 12.9. The van der Waals surface area contributed by atoms with Crippen LogP contribution >= 0.6 is 11.8 Å². The maximum absolute atomic E-state index is 13.7. The number of sulfone groups is 1. The van der Waals surface area contributed by atoms with Crippen molar-refractivity contribution in [3.8, 4) is 5.75 Å². The highest BCUT2D eigenvalue weighted by Crippen LogP contribution is 2.42. The van der Waals surface area contributed by atoms with Gasteiger partial charge in [0.05, 0.1) is 16.7 Å². The molecule has 174 valence electrons. The molecule has 0 radical (unpaired) electrons. The number of benzene rings is 2. The first-order valence-corrected chi connectivity index (χ1v) is 13.7. The number of unbranched alkanes of at least 4 members (excludes halogenated alkanes) is 1. The highest BCUT2D eigenvalue weighted by atomic mass is 32.2. The summed E-state index contributed by atoms with van der Waals surface area (Å²) in [4.78, 5) is 12.0. The number of aliphatic carboxylic acids is 1. The Morgan fingerprint density at radius 1 is 1.25 bits per heavy atom. The van der Waals surface area contributed by atoms with Gasteiger partial charge in [0.15, 0.2) is 16.4 Å². The van der Waals surface area contributed by atoms with Crippen LogP contribution in [0, 0.1) is 0 Å². The van der Waals surface area contributed by atoms with Crippen molar-refractivity contribution in [2.24, 2.45) is 0 Å². The number of carboxylic acids is 1. The van der Waals surface area contributed by atoms with Gasteiger partial charge < -0.3 is 9.84 Å². The molecule has 8 heteroatoms. The van der Waals surface area contributed by atoms with E-state index >= 15 is 0 Å². The summed E-state index contributed by atoms with van der Waals surface area (Å²) >= 11 is 1.40. The minimum absolute atomic E-state index is 0.0101. The van der Waals surface area contributed by atoms with E-state index in [1.165, 1.54) is 17.8 Å². The Morgan fingerprint density at radius 3 is 2.56 bits per heavy atom. The van der Waals surface area contributed by atoms with Crippen LogP contribution in [0.1, 0.15) is 56.7 Å². The maximum atomic E-state index is 13.7. The zero-order chi connectivity index (χ0) is 23.4. The van der Waals surface area contributed by atoms with Crippen LogP contribution in [-0.2, 0) is 14.6 Å². The van der Waals surface area contributed by atoms with E-state index in [4.69, 9.17) is 9.84 Å². The second-order valence-corrected chi connectivity index (χ2v) is 11.0. The fourth-order valence-corrected chi connectivity index (χ4v) is 6.98. The van der Waals surface area contributed by atoms with E-state index in [1.807, 2.05) is 49.6 Å². The Kier molecular flexibility index (Phi) is 7.90. The number of rotatable bonds is 9. The smallest absolute Gasteiger partial charge is 0.341 e. The summed E-state index contributed by atoms with van der Waals surface area (Å²) in [6.45, 7) is 3.61. The fraction of sp³-hybridized carbons (Fsp3) is 0.458. The van der Waals surface area contributed by atoms with E-state index in [2.05, 4.69) is 12.2 Å². The Balaban J connectivity index is 2.23. The Morgan fingerprint density at radius 2 is 1.97 bits per heavy atom. The predicted molar refractivity (Wildman–Crippen MR) is 127 cm³/mol. The van der Waals surface area contributed by atoms with Gasteiger partial charge in [0, 0.05) is 16.5 Å². The van der Waals surface area contributed by atoms with Crippen LogP contribution in [0.4, 0.5) is 0 Å². The van der Waals surface area contributed by atoms with Crippen molar-refractivity contribution in [1.29, 1.82) is 0 Å². The average molecular weight is 478 g/mol. The molecule has 2 aromatic carbocycles. The topological polar surface area (TPSA) is 92.7 Å². The van der Waals surface area contributed by atoms with Gasteiger partial charge in [0.1, 0.15) is 5.75 Å². The molecule has 3 rings (SSSR count). The van der Waals surface area contributed by atoms with E-state index in [0.717, 1.165) is 24.8 Å². The Labute approximate surface area is 194 Å². The van der Waals surface area contributed by atoms with Crippen LogP contribution in [0.25, 0.3) is 0 Å². The van der Waals surface area contributed by atoms with Crippen LogP contribution < -0.4 is 10.1 Å². The molecule has 6 nitrogen and oxygen atoms in total. The number of fused-ring (bicyclic) bond motifs is 1. The molecule has 0 bridgehead atoms. The molecule has 0 saturated heterocycles. The molecule has 0 saturated carbocycles. The molecule has 1 aliphatic rings. The van der Waals surface area contributed by atoms with E-state index < -0.39 is 28.0 Å². The van der Waals surface area contributed by atoms with E-state index in [9.17, 15) is 13.2 Å². The SMILES string of the molecule is CCCCC1(CC)CS(=O)(=O)c2cc(OCC(=O)O)c(SC)cc2C(c2ccccc2)N1. The number of carbonyl (C=O) groups is 1. The molecule has 2 unspecified atom stereocenters. The van der Waals surface area contributed by atoms with E-state index in [-0.39, 0.29) is 22.4 Å². The summed E-state index contributed by atoms with van der Waals surface area (Å²) in [5.74, 6) is -0.834. The number of ether oxygens (including phenoxy) is 1. The van der Waals surface area contributed by atoms with Crippen molar-refractivity contribution < 1.29 is 23.1 Å². The molecule has 1 heterocycles. The van der Waals surface area contributed by atoms with Gasteiger partial charge in [-0.05, 0) is 36.3 Å². The second-order valence-electron chi connectivity index (χ2n) is 8.21. The van der Waals surface area contributed by atoms with Gasteiger partial charge >= 0.3 is 5.97 Å². The molecular weight excluding hydrogens is 446 g/mol. The molecule has 0 amide bonds. The molecule has 0 aromatic heterocycles. The van der Waals surface area contributed by atoms with Crippen molar-refractivity contribution in [3.63, 3.8) is 0 Å². The summed E-state index contributed by atoms with van der Waals surface area (Å²) in [6.07, 6.45) is 5.21. The number of carboxylic acid groups (broad SMARTS) is 1. The van der Waals surface area contributed by atoms with E-state index in [1.54, 1.807) is 0 Å². The van der Waals surface area contributed by atoms with Gasteiger partial charge in [0.25, 0.3) is 0 Å². The zero-order valence-corrected chi connectivity index (χ0v) is 20.4. The molecule has 0 aliphatic carbocycles. The van der Waals surface area contributed by atoms with Gasteiger partial charge in [-0.2, -0.15) is 0 Å². The third kappa shape index (κ3) is 5.30. The molecule has 0 fully saturated rings. The van der Waals surface area contributed by atoms with Gasteiger partial charge in [-0.25, -0.2) is 13.2 Å². The second kappa shape index (κ2) is 10.3. The minimum Gasteiger partial charge on any atom is -0.481 e. The third-order valence-corrected chi connectivity index (χ3v) is 8.74. The summed E-state index contributed by atoms with van der Waals surface area (Å²) in [5.41, 5.74) is 1.11. The van der Waals surface area contributed by atoms with Crippen molar-refractivity contribution in [2.75, 3.05) is 18.6 Å². The Hall–Kier alpha value is -2.03. The monoisotopic (exact) mass is 477 g/mol. The minimum atomic E-state index is -3.65. The Bertz CT molecular complexity index is 1060. The van der Waals surface area contributed by atoms with Crippen molar-refractivity contribution in [3.05, 3.63) is 53.6 Å². The van der Waals surface area contributed by atoms with Gasteiger partial charge in [-0.15, -0.1) is 11.8 Å². The predicted octanol–water partition coefficient (Wildman–Crippen LogP) is 4.68. The van der Waals surface area contributed by atoms with Crippen molar-refractivity contribution >= 4 is 27.6 Å². The molecule has 0 spiro atoms. The summed E-state index contributed by atoms with van der Waals surface area (Å²) in [7, 11) is -3.65. The number of thioether (sulfide) groups is 1. The number of hydrogen-bond acceptors (Lipinski definition) is 6. The lowest BCUT2D eigenvalue weighted by Crippen LogP contribution is -2.50. The average Bonchev–Trinajstić information content (AvgIpc) is 2.88. The quantitative estimate of drug-likeness (QED) is 0.507. The van der Waals surface area contributed by atoms with Gasteiger partial charge in [-0.3, -0.25) is 5.32 Å². The first-order valence-electron chi connectivity index (χ1n) is 10.9. The molecule has 2 aromatic rings. The lowest BCUT2D eigenvalue weighted by atomic mass is 9.88. The molecule has 2 atom stereocenters. The van der Waals surface area contributed by atoms with Crippen LogP contribution in [0.3, 0.4) is 0 Å². The molecular formula is C24H31NO5S2. The normalized spacial score (nSPS) is 22.0. The molecule has 1 aliphatic heterocycles. The van der Waals surface area contributed by atoms with Crippen molar-refractivity contribution in [2.45, 2.75) is 60.9 Å². The summed E-state index contributed by atoms with van der Waals surface area (Å²) in [5, 5.41) is 12.8. The lowest BCUT2D eigenvalue weighted by Gasteiger charge is -2.36. The highest BCUT2D eigenvalue weighted by Gasteiger charge is 2.42. The first kappa shape index (κ1) is 24.6. The van der Waals surface area contributed by atoms with Crippen LogP contribution in [-0.4, -0.2) is 43.6 Å². The van der Waals surface area contributed by atoms with Gasteiger partial charge in [0.2, 0.25) is 0 Å². The first-order chi connectivity index (χ1) is 15.2. The highest BCUT2D eigenvalue weighted by molar-refractivity contribution is 7.98. The molecule has 2 N–H and O–H groups in total. The molecule has 32 heavy (non-hydrogen) atoms. The van der Waals surface area contributed by atoms with Crippen LogP contribution in [0.2, 0.25) is 0 Å². The maximum Gasteiger partial charge on any atom is 0.341 e. The lowest BCUT2D eigenvalue weighted by molar-refractivity contribution is -0.139. The fourth-order valence-electron chi connectivity index (χ4n) is 4.28. The standard InChI is InChI=1S/C24H31NO5S2/c1-4-6-12-24(5-2)16-32(28,29)21-14-19(30-15-22(26)27)20(31-3)13-18(21)23(25-24)17-10-8-7-9-11-17/h7-11,13-14,23,25H,4-6,12,15-16H2,1-3H3,(H,26,27). The zero-order valence-electron chi connectivity index (χ0n) is 18.8. The largest absolute Gasteiger partial charge is 0.481 e. The number of nitrogens with one attached hydrogen (secondary N) is 1. The summed E-state index contributed by atoms with van der Waals surface area (Å²) < 4.78 is 32.8. The third-order valence-electron chi connectivity index (χ3n) is 6.03. The van der Waals surface area contributed by atoms with Crippen molar-refractivity contribution in [1.82, 2.24) is 5.32 Å².